The van der Waals surface area contributed by atoms with Crippen molar-refractivity contribution in [2.24, 2.45) is 0 Å². The Morgan fingerprint density at radius 1 is 1.20 bits per heavy atom. The maximum Gasteiger partial charge on any atom is 0.218 e. The number of hydrogen-bond donors (Lipinski definition) is 1. The topological polar surface area (TPSA) is 61.9 Å². The number of hydrogen-bond acceptors (Lipinski definition) is 4. The second-order valence-corrected chi connectivity index (χ2v) is 8.80. The molecule has 1 atom stereocenters. The van der Waals surface area contributed by atoms with Crippen LogP contribution in [0.3, 0.4) is 0 Å². The second kappa shape index (κ2) is 8.44. The molecule has 1 aromatic carbocycles. The lowest BCUT2D eigenvalue weighted by atomic mass is 10.2. The van der Waals surface area contributed by atoms with Gasteiger partial charge in [0.15, 0.2) is 5.11 Å². The van der Waals surface area contributed by atoms with E-state index >= 15 is 0 Å². The molecule has 0 aromatic heterocycles. The van der Waals surface area contributed by atoms with Gasteiger partial charge in [-0.2, -0.15) is 4.31 Å². The number of nitrogens with zero attached hydrogens (tertiary/aromatic N) is 2. The zero-order valence-electron chi connectivity index (χ0n) is 14.3. The van der Waals surface area contributed by atoms with Crippen molar-refractivity contribution in [1.82, 2.24) is 14.5 Å². The van der Waals surface area contributed by atoms with E-state index in [1.54, 1.807) is 4.31 Å². The molecule has 0 spiro atoms. The SMILES string of the molecule is O=S(=O)(Cc1ccccc1)N1CCN(C(=S)NC[C@@H]2CCCO2)CC1. The first-order chi connectivity index (χ1) is 12.0. The number of nitrogens with one attached hydrogen (secondary N) is 1. The molecule has 0 amide bonds. The van der Waals surface area contributed by atoms with Gasteiger partial charge in [-0.05, 0) is 30.6 Å². The van der Waals surface area contributed by atoms with Crippen LogP contribution in [-0.2, 0) is 20.5 Å². The Morgan fingerprint density at radius 2 is 1.92 bits per heavy atom. The number of piperazine rings is 1. The first kappa shape index (κ1) is 18.6. The van der Waals surface area contributed by atoms with Gasteiger partial charge in [0, 0.05) is 39.3 Å². The minimum absolute atomic E-state index is 0.0511. The van der Waals surface area contributed by atoms with Crippen LogP contribution < -0.4 is 5.32 Å². The highest BCUT2D eigenvalue weighted by Gasteiger charge is 2.28. The van der Waals surface area contributed by atoms with Crippen molar-refractivity contribution in [2.75, 3.05) is 39.3 Å². The highest BCUT2D eigenvalue weighted by atomic mass is 32.2. The fourth-order valence-electron chi connectivity index (χ4n) is 3.16. The normalized spacial score (nSPS) is 22.1. The van der Waals surface area contributed by atoms with Crippen molar-refractivity contribution in [2.45, 2.75) is 24.7 Å². The standard InChI is InChI=1S/C17H25N3O3S2/c21-25(22,14-15-5-2-1-3-6-15)20-10-8-19(9-11-20)17(24)18-13-16-7-4-12-23-16/h1-3,5-6,16H,4,7-14H2,(H,18,24)/t16-/m0/s1. The molecule has 0 unspecified atom stereocenters. The van der Waals surface area contributed by atoms with E-state index in [9.17, 15) is 8.42 Å². The van der Waals surface area contributed by atoms with Gasteiger partial charge in [-0.1, -0.05) is 30.3 Å². The summed E-state index contributed by atoms with van der Waals surface area (Å²) in [5.41, 5.74) is 0.818. The summed E-state index contributed by atoms with van der Waals surface area (Å²) in [7, 11) is -3.29. The van der Waals surface area contributed by atoms with Crippen LogP contribution in [0, 0.1) is 0 Å². The molecule has 0 radical (unpaired) electrons. The Hall–Kier alpha value is -1.22. The highest BCUT2D eigenvalue weighted by Crippen LogP contribution is 2.14. The quantitative estimate of drug-likeness (QED) is 0.771. The van der Waals surface area contributed by atoms with Gasteiger partial charge in [0.2, 0.25) is 10.0 Å². The summed E-state index contributed by atoms with van der Waals surface area (Å²) in [5.74, 6) is 0.0511. The number of thiocarbonyl (C=S) groups is 1. The monoisotopic (exact) mass is 383 g/mol. The van der Waals surface area contributed by atoms with Gasteiger partial charge in [-0.15, -0.1) is 0 Å². The molecule has 2 saturated heterocycles. The number of sulfonamides is 1. The Bertz CT molecular complexity index is 668. The Balaban J connectivity index is 1.46. The lowest BCUT2D eigenvalue weighted by Crippen LogP contribution is -2.53. The highest BCUT2D eigenvalue weighted by molar-refractivity contribution is 7.88. The average molecular weight is 384 g/mol. The van der Waals surface area contributed by atoms with Gasteiger partial charge in [0.25, 0.3) is 0 Å². The first-order valence-corrected chi connectivity index (χ1v) is 10.7. The molecule has 1 N–H and O–H groups in total. The van der Waals surface area contributed by atoms with Gasteiger partial charge in [0.1, 0.15) is 0 Å². The zero-order chi connectivity index (χ0) is 17.7. The molecule has 1 aromatic rings. The third-order valence-electron chi connectivity index (χ3n) is 4.62. The summed E-state index contributed by atoms with van der Waals surface area (Å²) in [6, 6.07) is 9.30. The second-order valence-electron chi connectivity index (χ2n) is 6.45. The maximum absolute atomic E-state index is 12.6. The van der Waals surface area contributed by atoms with E-state index in [-0.39, 0.29) is 11.9 Å². The summed E-state index contributed by atoms with van der Waals surface area (Å²) in [5, 5.41) is 3.94. The minimum Gasteiger partial charge on any atom is -0.376 e. The zero-order valence-corrected chi connectivity index (χ0v) is 15.9. The van der Waals surface area contributed by atoms with E-state index in [2.05, 4.69) is 5.32 Å². The fraction of sp³-hybridized carbons (Fsp3) is 0.588. The molecular weight excluding hydrogens is 358 g/mol. The fourth-order valence-corrected chi connectivity index (χ4v) is 4.95. The summed E-state index contributed by atoms with van der Waals surface area (Å²) >= 11 is 5.44. The van der Waals surface area contributed by atoms with Crippen LogP contribution in [0.2, 0.25) is 0 Å². The predicted octanol–water partition coefficient (Wildman–Crippen LogP) is 1.19. The van der Waals surface area contributed by atoms with Gasteiger partial charge in [-0.25, -0.2) is 8.42 Å². The smallest absolute Gasteiger partial charge is 0.218 e. The minimum atomic E-state index is -3.29. The molecule has 8 heteroatoms. The number of benzene rings is 1. The summed E-state index contributed by atoms with van der Waals surface area (Å²) in [6.07, 6.45) is 2.42. The van der Waals surface area contributed by atoms with Crippen molar-refractivity contribution in [1.29, 1.82) is 0 Å². The van der Waals surface area contributed by atoms with Crippen LogP contribution in [0.1, 0.15) is 18.4 Å². The van der Waals surface area contributed by atoms with E-state index in [1.807, 2.05) is 35.2 Å². The van der Waals surface area contributed by atoms with E-state index in [1.165, 1.54) is 0 Å². The van der Waals surface area contributed by atoms with Gasteiger partial charge < -0.3 is 15.0 Å². The molecule has 0 bridgehead atoms. The van der Waals surface area contributed by atoms with Crippen LogP contribution in [0.4, 0.5) is 0 Å². The molecule has 2 aliphatic heterocycles. The molecule has 2 aliphatic rings. The molecule has 138 valence electrons. The molecule has 6 nitrogen and oxygen atoms in total. The molecule has 2 heterocycles. The third kappa shape index (κ3) is 5.13. The van der Waals surface area contributed by atoms with Crippen molar-refractivity contribution >= 4 is 27.4 Å². The first-order valence-electron chi connectivity index (χ1n) is 8.71. The lowest BCUT2D eigenvalue weighted by molar-refractivity contribution is 0.113. The van der Waals surface area contributed by atoms with Crippen molar-refractivity contribution < 1.29 is 13.2 Å². The third-order valence-corrected chi connectivity index (χ3v) is 6.87. The van der Waals surface area contributed by atoms with Crippen LogP contribution >= 0.6 is 12.2 Å². The molecule has 2 fully saturated rings. The van der Waals surface area contributed by atoms with Gasteiger partial charge in [-0.3, -0.25) is 0 Å². The van der Waals surface area contributed by atoms with E-state index in [0.717, 1.165) is 31.6 Å². The molecule has 3 rings (SSSR count). The number of ether oxygens (including phenoxy) is 1. The Kier molecular flexibility index (Phi) is 6.27. The predicted molar refractivity (Wildman–Crippen MR) is 102 cm³/mol. The summed E-state index contributed by atoms with van der Waals surface area (Å²) in [4.78, 5) is 2.04. The Labute approximate surface area is 155 Å². The van der Waals surface area contributed by atoms with E-state index < -0.39 is 10.0 Å². The lowest BCUT2D eigenvalue weighted by Gasteiger charge is -2.35. The van der Waals surface area contributed by atoms with Crippen molar-refractivity contribution in [3.63, 3.8) is 0 Å². The molecular formula is C17H25N3O3S2. The largest absolute Gasteiger partial charge is 0.376 e. The van der Waals surface area contributed by atoms with Crippen LogP contribution in [0.5, 0.6) is 0 Å². The maximum atomic E-state index is 12.6. The average Bonchev–Trinajstić information content (AvgIpc) is 3.14. The molecule has 0 saturated carbocycles. The van der Waals surface area contributed by atoms with Crippen LogP contribution in [0.15, 0.2) is 30.3 Å². The van der Waals surface area contributed by atoms with Gasteiger partial charge >= 0.3 is 0 Å². The summed E-state index contributed by atoms with van der Waals surface area (Å²) < 4.78 is 32.3. The van der Waals surface area contributed by atoms with Crippen molar-refractivity contribution in [3.05, 3.63) is 35.9 Å². The number of rotatable bonds is 5. The Morgan fingerprint density at radius 3 is 2.56 bits per heavy atom. The molecule has 0 aliphatic carbocycles. The van der Waals surface area contributed by atoms with E-state index in [4.69, 9.17) is 17.0 Å². The van der Waals surface area contributed by atoms with Crippen LogP contribution in [0.25, 0.3) is 0 Å². The molecule has 25 heavy (non-hydrogen) atoms. The van der Waals surface area contributed by atoms with Crippen molar-refractivity contribution in [3.8, 4) is 0 Å². The van der Waals surface area contributed by atoms with E-state index in [0.29, 0.717) is 31.3 Å². The van der Waals surface area contributed by atoms with Crippen LogP contribution in [-0.4, -0.2) is 68.2 Å². The summed E-state index contributed by atoms with van der Waals surface area (Å²) in [6.45, 7) is 3.73. The van der Waals surface area contributed by atoms with Gasteiger partial charge in [0.05, 0.1) is 11.9 Å².